The lowest BCUT2D eigenvalue weighted by atomic mass is 9.93. The summed E-state index contributed by atoms with van der Waals surface area (Å²) in [6.45, 7) is 3.94. The quantitative estimate of drug-likeness (QED) is 0.671. The number of carbonyl (C=O) groups excluding carboxylic acids is 1. The zero-order chi connectivity index (χ0) is 19.0. The number of benzene rings is 2. The normalized spacial score (nSPS) is 18.1. The van der Waals surface area contributed by atoms with Gasteiger partial charge in [-0.05, 0) is 67.3 Å². The van der Waals surface area contributed by atoms with Crippen molar-refractivity contribution in [3.8, 4) is 0 Å². The summed E-state index contributed by atoms with van der Waals surface area (Å²) < 4.78 is 0. The minimum absolute atomic E-state index is 0.326. The van der Waals surface area contributed by atoms with Crippen molar-refractivity contribution < 1.29 is 4.79 Å². The average Bonchev–Trinajstić information content (AvgIpc) is 3.16. The van der Waals surface area contributed by atoms with E-state index in [0.717, 1.165) is 30.0 Å². The van der Waals surface area contributed by atoms with Gasteiger partial charge < -0.3 is 10.7 Å². The van der Waals surface area contributed by atoms with E-state index in [1.165, 1.54) is 34.9 Å². The Labute approximate surface area is 164 Å². The van der Waals surface area contributed by atoms with E-state index in [1.807, 2.05) is 30.5 Å². The molecule has 140 valence electrons. The molecule has 1 saturated heterocycles. The number of fused-ring (bicyclic) bond motifs is 1. The third kappa shape index (κ3) is 3.47. The van der Waals surface area contributed by atoms with E-state index in [2.05, 4.69) is 28.9 Å². The monoisotopic (exact) mass is 381 g/mol. The van der Waals surface area contributed by atoms with Crippen LogP contribution >= 0.6 is 11.6 Å². The summed E-state index contributed by atoms with van der Waals surface area (Å²) in [5, 5.41) is 2.03. The van der Waals surface area contributed by atoms with Gasteiger partial charge >= 0.3 is 0 Å². The Balaban J connectivity index is 1.66. The number of piperidine rings is 1. The number of nitrogens with zero attached hydrogens (tertiary/aromatic N) is 1. The lowest BCUT2D eigenvalue weighted by Gasteiger charge is -2.36. The maximum atomic E-state index is 11.4. The number of amides is 1. The summed E-state index contributed by atoms with van der Waals surface area (Å²) in [4.78, 5) is 17.2. The second-order valence-electron chi connectivity index (χ2n) is 7.39. The first-order valence-electron chi connectivity index (χ1n) is 9.43. The molecule has 1 atom stereocenters. The number of likely N-dealkylation sites (tertiary alicyclic amines) is 1. The molecule has 1 unspecified atom stereocenters. The van der Waals surface area contributed by atoms with Gasteiger partial charge in [-0.2, -0.15) is 0 Å². The first-order chi connectivity index (χ1) is 13.0. The predicted molar refractivity (Wildman–Crippen MR) is 110 cm³/mol. The molecule has 1 aliphatic heterocycles. The van der Waals surface area contributed by atoms with Gasteiger partial charge in [0.15, 0.2) is 0 Å². The van der Waals surface area contributed by atoms with E-state index >= 15 is 0 Å². The number of H-pyrrole nitrogens is 1. The van der Waals surface area contributed by atoms with Crippen LogP contribution in [0.4, 0.5) is 0 Å². The highest BCUT2D eigenvalue weighted by atomic mass is 35.5. The number of primary amides is 1. The van der Waals surface area contributed by atoms with Crippen molar-refractivity contribution in [1.29, 1.82) is 0 Å². The van der Waals surface area contributed by atoms with Crippen molar-refractivity contribution in [3.05, 3.63) is 69.9 Å². The van der Waals surface area contributed by atoms with Gasteiger partial charge in [-0.1, -0.05) is 30.2 Å². The summed E-state index contributed by atoms with van der Waals surface area (Å²) >= 11 is 6.64. The van der Waals surface area contributed by atoms with Crippen LogP contribution in [-0.4, -0.2) is 22.3 Å². The molecule has 1 aromatic heterocycles. The molecule has 2 aromatic carbocycles. The highest BCUT2D eigenvalue weighted by molar-refractivity contribution is 6.32. The molecule has 1 fully saturated rings. The average molecular weight is 382 g/mol. The maximum Gasteiger partial charge on any atom is 0.248 e. The fourth-order valence-electron chi connectivity index (χ4n) is 4.22. The maximum absolute atomic E-state index is 11.4. The Morgan fingerprint density at radius 1 is 1.26 bits per heavy atom. The summed E-state index contributed by atoms with van der Waals surface area (Å²) in [5.74, 6) is -0.386. The number of nitrogens with two attached hydrogens (primary N) is 1. The number of rotatable bonds is 4. The van der Waals surface area contributed by atoms with E-state index in [0.29, 0.717) is 11.6 Å². The number of aromatic amines is 1. The first kappa shape index (κ1) is 18.1. The molecule has 4 nitrogen and oxygen atoms in total. The van der Waals surface area contributed by atoms with Crippen LogP contribution in [0.5, 0.6) is 0 Å². The van der Waals surface area contributed by atoms with Gasteiger partial charge in [0.1, 0.15) is 0 Å². The summed E-state index contributed by atoms with van der Waals surface area (Å²) in [5.41, 5.74) is 10.7. The molecule has 5 heteroatoms. The molecule has 1 amide bonds. The third-order valence-corrected chi connectivity index (χ3v) is 5.99. The standard InChI is InChI=1S/C22H24ClN3O/c1-14-12-19(23)18(17-9-10-25-21(14)17)13-26-11-3-2-4-20(26)15-5-7-16(8-6-15)22(24)27/h5-10,12,20,25H,2-4,11,13H2,1H3,(H2,24,27). The molecular formula is C22H24ClN3O. The van der Waals surface area contributed by atoms with Crippen LogP contribution in [0.15, 0.2) is 42.6 Å². The molecule has 0 spiro atoms. The van der Waals surface area contributed by atoms with E-state index in [9.17, 15) is 4.79 Å². The van der Waals surface area contributed by atoms with Crippen LogP contribution in [0.2, 0.25) is 5.02 Å². The molecule has 3 aromatic rings. The van der Waals surface area contributed by atoms with Gasteiger partial charge in [-0.3, -0.25) is 9.69 Å². The van der Waals surface area contributed by atoms with Crippen molar-refractivity contribution in [1.82, 2.24) is 9.88 Å². The molecule has 0 bridgehead atoms. The van der Waals surface area contributed by atoms with Gasteiger partial charge in [0.2, 0.25) is 5.91 Å². The molecule has 0 aliphatic carbocycles. The second-order valence-corrected chi connectivity index (χ2v) is 7.80. The summed E-state index contributed by atoms with van der Waals surface area (Å²) in [6, 6.07) is 12.2. The molecule has 27 heavy (non-hydrogen) atoms. The highest BCUT2D eigenvalue weighted by Gasteiger charge is 2.25. The Kier molecular flexibility index (Phi) is 4.94. The Morgan fingerprint density at radius 3 is 2.78 bits per heavy atom. The van der Waals surface area contributed by atoms with Crippen molar-refractivity contribution in [2.45, 2.75) is 38.8 Å². The van der Waals surface area contributed by atoms with Gasteiger partial charge in [-0.15, -0.1) is 0 Å². The van der Waals surface area contributed by atoms with Crippen LogP contribution in [0.3, 0.4) is 0 Å². The first-order valence-corrected chi connectivity index (χ1v) is 9.81. The zero-order valence-electron chi connectivity index (χ0n) is 15.5. The number of carbonyl (C=O) groups is 1. The van der Waals surface area contributed by atoms with Crippen molar-refractivity contribution >= 4 is 28.4 Å². The number of hydrogen-bond donors (Lipinski definition) is 2. The Bertz CT molecular complexity index is 977. The lowest BCUT2D eigenvalue weighted by Crippen LogP contribution is -2.33. The minimum atomic E-state index is -0.386. The van der Waals surface area contributed by atoms with Crippen molar-refractivity contribution in [2.24, 2.45) is 5.73 Å². The van der Waals surface area contributed by atoms with Gasteiger partial charge in [0.25, 0.3) is 0 Å². The molecule has 2 heterocycles. The van der Waals surface area contributed by atoms with Gasteiger partial charge in [-0.25, -0.2) is 0 Å². The Hall–Kier alpha value is -2.30. The number of halogens is 1. The predicted octanol–water partition coefficient (Wildman–Crippen LogP) is 4.96. The van der Waals surface area contributed by atoms with Crippen LogP contribution in [0.1, 0.15) is 52.4 Å². The topological polar surface area (TPSA) is 62.1 Å². The van der Waals surface area contributed by atoms with Crippen molar-refractivity contribution in [2.75, 3.05) is 6.54 Å². The van der Waals surface area contributed by atoms with Crippen molar-refractivity contribution in [3.63, 3.8) is 0 Å². The largest absolute Gasteiger partial charge is 0.366 e. The smallest absolute Gasteiger partial charge is 0.248 e. The van der Waals surface area contributed by atoms with Crippen LogP contribution in [0, 0.1) is 6.92 Å². The van der Waals surface area contributed by atoms with E-state index in [4.69, 9.17) is 17.3 Å². The molecule has 4 rings (SSSR count). The number of hydrogen-bond acceptors (Lipinski definition) is 2. The Morgan fingerprint density at radius 2 is 2.04 bits per heavy atom. The van der Waals surface area contributed by atoms with Gasteiger partial charge in [0, 0.05) is 40.3 Å². The SMILES string of the molecule is Cc1cc(Cl)c(CN2CCCCC2c2ccc(C(N)=O)cc2)c2cc[nH]c12. The molecule has 0 radical (unpaired) electrons. The fraction of sp³-hybridized carbons (Fsp3) is 0.318. The summed E-state index contributed by atoms with van der Waals surface area (Å²) in [7, 11) is 0. The highest BCUT2D eigenvalue weighted by Crippen LogP contribution is 2.36. The van der Waals surface area contributed by atoms with Crippen LogP contribution in [0.25, 0.3) is 10.9 Å². The molecule has 1 aliphatic rings. The molecule has 0 saturated carbocycles. The van der Waals surface area contributed by atoms with E-state index < -0.39 is 0 Å². The van der Waals surface area contributed by atoms with E-state index in [-0.39, 0.29) is 5.91 Å². The van der Waals surface area contributed by atoms with Crippen LogP contribution < -0.4 is 5.73 Å². The fourth-order valence-corrected chi connectivity index (χ4v) is 4.54. The number of aryl methyl sites for hydroxylation is 1. The lowest BCUT2D eigenvalue weighted by molar-refractivity contribution is 0.1000. The number of nitrogens with one attached hydrogen (secondary N) is 1. The molecule has 3 N–H and O–H groups in total. The molecular weight excluding hydrogens is 358 g/mol. The number of aromatic nitrogens is 1. The van der Waals surface area contributed by atoms with E-state index in [1.54, 1.807) is 0 Å². The second kappa shape index (κ2) is 7.37. The van der Waals surface area contributed by atoms with Gasteiger partial charge in [0.05, 0.1) is 0 Å². The van der Waals surface area contributed by atoms with Crippen LogP contribution in [-0.2, 0) is 6.54 Å². The summed E-state index contributed by atoms with van der Waals surface area (Å²) in [6.07, 6.45) is 5.49. The minimum Gasteiger partial charge on any atom is -0.366 e. The third-order valence-electron chi connectivity index (χ3n) is 5.65. The zero-order valence-corrected chi connectivity index (χ0v) is 16.2.